The molecule has 2 heterocycles. The van der Waals surface area contributed by atoms with Crippen LogP contribution in [0.3, 0.4) is 0 Å². The number of carbonyl (C=O) groups excluding carboxylic acids is 2. The van der Waals surface area contributed by atoms with Crippen LogP contribution in [0.2, 0.25) is 0 Å². The molecule has 0 saturated heterocycles. The molecule has 3 aromatic rings. The first-order valence-corrected chi connectivity index (χ1v) is 11.4. The Morgan fingerprint density at radius 1 is 1.07 bits per heavy atom. The first-order chi connectivity index (χ1) is 14.6. The van der Waals surface area contributed by atoms with Crippen LogP contribution in [0.5, 0.6) is 0 Å². The third-order valence-electron chi connectivity index (χ3n) is 4.80. The molecular formula is C21H20FN3O3S2. The fraction of sp³-hybridized carbons (Fsp3) is 0.333. The van der Waals surface area contributed by atoms with E-state index in [9.17, 15) is 14.0 Å². The highest BCUT2D eigenvalue weighted by Gasteiger charge is 2.19. The standard InChI is InChI=1S/C21H20FN3O3S2/c22-15-8-6-13(7-9-15)11-23-19(26)20-25-24-18(30-20)12-28-21(27)17-10-14-4-2-1-3-5-16(14)29-17/h6-10H,1-5,11-12H2,(H,23,26). The maximum Gasteiger partial charge on any atom is 0.348 e. The van der Waals surface area contributed by atoms with Gasteiger partial charge in [0.2, 0.25) is 5.01 Å². The molecule has 0 saturated carbocycles. The molecule has 2 aromatic heterocycles. The summed E-state index contributed by atoms with van der Waals surface area (Å²) in [5.74, 6) is -1.08. The average Bonchev–Trinajstić information content (AvgIpc) is 3.33. The van der Waals surface area contributed by atoms with Gasteiger partial charge >= 0.3 is 5.97 Å². The summed E-state index contributed by atoms with van der Waals surface area (Å²) in [6, 6.07) is 7.83. The number of rotatable bonds is 6. The van der Waals surface area contributed by atoms with Crippen molar-refractivity contribution in [2.45, 2.75) is 45.3 Å². The molecule has 1 aliphatic rings. The van der Waals surface area contributed by atoms with Gasteiger partial charge in [0.1, 0.15) is 17.3 Å². The number of benzene rings is 1. The van der Waals surface area contributed by atoms with Crippen LogP contribution in [-0.2, 0) is 30.7 Å². The van der Waals surface area contributed by atoms with E-state index >= 15 is 0 Å². The third kappa shape index (κ3) is 5.09. The van der Waals surface area contributed by atoms with Crippen LogP contribution in [0, 0.1) is 5.82 Å². The molecule has 156 valence electrons. The molecule has 0 unspecified atom stereocenters. The van der Waals surface area contributed by atoms with Crippen LogP contribution >= 0.6 is 22.7 Å². The number of ether oxygens (including phenoxy) is 1. The molecule has 4 rings (SSSR count). The van der Waals surface area contributed by atoms with Crippen LogP contribution in [0.1, 0.15) is 59.7 Å². The van der Waals surface area contributed by atoms with Crippen molar-refractivity contribution >= 4 is 34.6 Å². The van der Waals surface area contributed by atoms with E-state index < -0.39 is 0 Å². The van der Waals surface area contributed by atoms with E-state index in [1.54, 1.807) is 12.1 Å². The zero-order valence-corrected chi connectivity index (χ0v) is 17.8. The summed E-state index contributed by atoms with van der Waals surface area (Å²) in [6.45, 7) is 0.233. The zero-order chi connectivity index (χ0) is 20.9. The molecule has 0 atom stereocenters. The van der Waals surface area contributed by atoms with Crippen molar-refractivity contribution in [3.05, 3.63) is 67.0 Å². The maximum absolute atomic E-state index is 12.9. The van der Waals surface area contributed by atoms with E-state index in [4.69, 9.17) is 4.74 Å². The smallest absolute Gasteiger partial charge is 0.348 e. The Morgan fingerprint density at radius 2 is 1.87 bits per heavy atom. The molecular weight excluding hydrogens is 425 g/mol. The first-order valence-electron chi connectivity index (χ1n) is 9.72. The molecule has 1 N–H and O–H groups in total. The Labute approximate surface area is 181 Å². The number of aromatic nitrogens is 2. The minimum atomic E-state index is -0.378. The lowest BCUT2D eigenvalue weighted by molar-refractivity contribution is 0.0477. The summed E-state index contributed by atoms with van der Waals surface area (Å²) in [6.07, 6.45) is 5.61. The second kappa shape index (κ2) is 9.44. The molecule has 1 aliphatic carbocycles. The van der Waals surface area contributed by atoms with Crippen molar-refractivity contribution in [2.24, 2.45) is 0 Å². The Morgan fingerprint density at radius 3 is 2.70 bits per heavy atom. The van der Waals surface area contributed by atoms with Crippen molar-refractivity contribution in [3.63, 3.8) is 0 Å². The largest absolute Gasteiger partial charge is 0.454 e. The minimum absolute atomic E-state index is 0.0235. The molecule has 9 heteroatoms. The van der Waals surface area contributed by atoms with E-state index in [0.717, 1.165) is 36.2 Å². The van der Waals surface area contributed by atoms with Crippen molar-refractivity contribution in [1.29, 1.82) is 0 Å². The molecule has 0 radical (unpaired) electrons. The molecule has 6 nitrogen and oxygen atoms in total. The topological polar surface area (TPSA) is 81.2 Å². The summed E-state index contributed by atoms with van der Waals surface area (Å²) in [4.78, 5) is 26.5. The highest BCUT2D eigenvalue weighted by Crippen LogP contribution is 2.29. The van der Waals surface area contributed by atoms with E-state index in [1.165, 1.54) is 46.8 Å². The van der Waals surface area contributed by atoms with E-state index in [1.807, 2.05) is 6.07 Å². The second-order valence-corrected chi connectivity index (χ2v) is 9.20. The summed E-state index contributed by atoms with van der Waals surface area (Å²) in [7, 11) is 0. The number of halogens is 1. The van der Waals surface area contributed by atoms with Gasteiger partial charge in [0.25, 0.3) is 5.91 Å². The Hall–Kier alpha value is -2.65. The van der Waals surface area contributed by atoms with Crippen molar-refractivity contribution in [2.75, 3.05) is 0 Å². The van der Waals surface area contributed by atoms with E-state index in [0.29, 0.717) is 9.88 Å². The van der Waals surface area contributed by atoms with Gasteiger partial charge in [-0.15, -0.1) is 21.5 Å². The number of aryl methyl sites for hydroxylation is 2. The van der Waals surface area contributed by atoms with Crippen LogP contribution in [0.15, 0.2) is 30.3 Å². The SMILES string of the molecule is O=C(OCc1nnc(C(=O)NCc2ccc(F)cc2)s1)c1cc2c(s1)CCCCC2. The summed E-state index contributed by atoms with van der Waals surface area (Å²) in [5, 5.41) is 11.1. The number of thiophene rings is 1. The lowest BCUT2D eigenvalue weighted by atomic mass is 10.1. The summed E-state index contributed by atoms with van der Waals surface area (Å²) >= 11 is 2.59. The fourth-order valence-corrected chi connectivity index (χ4v) is 5.05. The van der Waals surface area contributed by atoms with Crippen molar-refractivity contribution in [3.8, 4) is 0 Å². The van der Waals surface area contributed by atoms with Gasteiger partial charge in [0.05, 0.1) is 0 Å². The van der Waals surface area contributed by atoms with Crippen molar-refractivity contribution in [1.82, 2.24) is 15.5 Å². The summed E-state index contributed by atoms with van der Waals surface area (Å²) < 4.78 is 18.3. The van der Waals surface area contributed by atoms with E-state index in [2.05, 4.69) is 15.5 Å². The third-order valence-corrected chi connectivity index (χ3v) is 6.91. The van der Waals surface area contributed by atoms with Gasteiger partial charge in [-0.25, -0.2) is 9.18 Å². The van der Waals surface area contributed by atoms with Gasteiger partial charge in [-0.1, -0.05) is 29.9 Å². The minimum Gasteiger partial charge on any atom is -0.454 e. The monoisotopic (exact) mass is 445 g/mol. The lowest BCUT2D eigenvalue weighted by Gasteiger charge is -2.02. The number of fused-ring (bicyclic) bond motifs is 1. The zero-order valence-electron chi connectivity index (χ0n) is 16.2. The number of nitrogens with one attached hydrogen (secondary N) is 1. The van der Waals surface area contributed by atoms with E-state index in [-0.39, 0.29) is 35.9 Å². The Balaban J connectivity index is 1.29. The van der Waals surface area contributed by atoms with Crippen LogP contribution in [0.25, 0.3) is 0 Å². The van der Waals surface area contributed by atoms with Gasteiger partial charge in [0, 0.05) is 11.4 Å². The van der Waals surface area contributed by atoms with Gasteiger partial charge in [-0.05, 0) is 55.0 Å². The Kier molecular flexibility index (Phi) is 6.49. The quantitative estimate of drug-likeness (QED) is 0.452. The van der Waals surface area contributed by atoms with Gasteiger partial charge in [0.15, 0.2) is 5.01 Å². The maximum atomic E-state index is 12.9. The first kappa shape index (κ1) is 20.6. The van der Waals surface area contributed by atoms with Crippen LogP contribution < -0.4 is 5.32 Å². The number of hydrogen-bond acceptors (Lipinski definition) is 7. The number of carbonyl (C=O) groups is 2. The summed E-state index contributed by atoms with van der Waals surface area (Å²) in [5.41, 5.74) is 2.04. The fourth-order valence-electron chi connectivity index (χ4n) is 3.23. The number of amides is 1. The molecule has 0 bridgehead atoms. The number of nitrogens with zero attached hydrogens (tertiary/aromatic N) is 2. The van der Waals surface area contributed by atoms with Gasteiger partial charge < -0.3 is 10.1 Å². The highest BCUT2D eigenvalue weighted by atomic mass is 32.1. The highest BCUT2D eigenvalue weighted by molar-refractivity contribution is 7.14. The Bertz CT molecular complexity index is 1020. The molecule has 1 amide bonds. The lowest BCUT2D eigenvalue weighted by Crippen LogP contribution is -2.22. The van der Waals surface area contributed by atoms with Crippen LogP contribution in [0.4, 0.5) is 4.39 Å². The predicted octanol–water partition coefficient (Wildman–Crippen LogP) is 4.29. The van der Waals surface area contributed by atoms with Crippen molar-refractivity contribution < 1.29 is 18.7 Å². The normalized spacial score (nSPS) is 13.4. The van der Waals surface area contributed by atoms with Crippen LogP contribution in [-0.4, -0.2) is 22.1 Å². The molecule has 1 aromatic carbocycles. The second-order valence-electron chi connectivity index (χ2n) is 7.01. The molecule has 0 aliphatic heterocycles. The molecule has 0 fully saturated rings. The molecule has 0 spiro atoms. The predicted molar refractivity (Wildman–Crippen MR) is 112 cm³/mol. The molecule has 30 heavy (non-hydrogen) atoms. The number of hydrogen-bond donors (Lipinski definition) is 1. The van der Waals surface area contributed by atoms with Gasteiger partial charge in [-0.3, -0.25) is 4.79 Å². The number of esters is 1. The average molecular weight is 446 g/mol. The van der Waals surface area contributed by atoms with Gasteiger partial charge in [-0.2, -0.15) is 0 Å².